The first-order valence-corrected chi connectivity index (χ1v) is 7.71. The molecule has 0 amide bonds. The molecular weight excluding hydrogens is 310 g/mol. The lowest BCUT2D eigenvalue weighted by atomic mass is 10.1. The van der Waals surface area contributed by atoms with Gasteiger partial charge in [0.05, 0.1) is 0 Å². The van der Waals surface area contributed by atoms with Crippen molar-refractivity contribution in [2.75, 3.05) is 6.54 Å². The number of Topliss-reactive ketones (excluding diaryl/α,β-unsaturated/α-hetero) is 1. The standard InChI is InChI=1S/C17H15N3O4/c21-14-12(6-10-8-19-15-11(10)2-1-5-18-15)24-16(13(14)17(22)23)20-7-9-3-4-9/h1-2,5-6,8-9,20H,3-4,7H2,(H,18,19)(H,22,23). The van der Waals surface area contributed by atoms with Gasteiger partial charge in [-0.3, -0.25) is 4.79 Å². The minimum atomic E-state index is -1.29. The number of carboxylic acid groups (broad SMARTS) is 1. The number of nitrogens with zero attached hydrogens (tertiary/aromatic N) is 1. The van der Waals surface area contributed by atoms with Gasteiger partial charge in [0.1, 0.15) is 5.65 Å². The molecule has 0 radical (unpaired) electrons. The van der Waals surface area contributed by atoms with E-state index in [2.05, 4.69) is 15.3 Å². The third kappa shape index (κ3) is 2.54. The van der Waals surface area contributed by atoms with Crippen molar-refractivity contribution in [2.24, 2.45) is 5.92 Å². The van der Waals surface area contributed by atoms with Gasteiger partial charge in [-0.05, 0) is 37.0 Å². The lowest BCUT2D eigenvalue weighted by molar-refractivity contribution is -0.134. The zero-order chi connectivity index (χ0) is 16.7. The Morgan fingerprint density at radius 2 is 2.33 bits per heavy atom. The molecule has 3 N–H and O–H groups in total. The smallest absolute Gasteiger partial charge is 0.345 e. The van der Waals surface area contributed by atoms with Gasteiger partial charge in [0.2, 0.25) is 11.7 Å². The Labute approximate surface area is 137 Å². The number of H-pyrrole nitrogens is 1. The maximum Gasteiger partial charge on any atom is 0.345 e. The highest BCUT2D eigenvalue weighted by Crippen LogP contribution is 2.30. The van der Waals surface area contributed by atoms with Crippen LogP contribution >= 0.6 is 0 Å². The number of hydrogen-bond donors (Lipinski definition) is 3. The fourth-order valence-corrected chi connectivity index (χ4v) is 2.64. The minimum absolute atomic E-state index is 0.00421. The number of fused-ring (bicyclic) bond motifs is 1. The Hall–Kier alpha value is -3.09. The molecule has 1 aliphatic carbocycles. The van der Waals surface area contributed by atoms with Crippen molar-refractivity contribution in [1.82, 2.24) is 15.3 Å². The van der Waals surface area contributed by atoms with Crippen molar-refractivity contribution in [3.05, 3.63) is 47.3 Å². The van der Waals surface area contributed by atoms with Gasteiger partial charge in [-0.2, -0.15) is 0 Å². The summed E-state index contributed by atoms with van der Waals surface area (Å²) in [5, 5.41) is 13.1. The average molecular weight is 325 g/mol. The maximum atomic E-state index is 12.4. The zero-order valence-corrected chi connectivity index (χ0v) is 12.7. The Balaban J connectivity index is 1.65. The van der Waals surface area contributed by atoms with Crippen LogP contribution in [0.4, 0.5) is 0 Å². The Morgan fingerprint density at radius 3 is 3.08 bits per heavy atom. The second-order valence-electron chi connectivity index (χ2n) is 5.92. The molecule has 0 bridgehead atoms. The van der Waals surface area contributed by atoms with Crippen molar-refractivity contribution in [1.29, 1.82) is 0 Å². The molecule has 0 aromatic carbocycles. The SMILES string of the molecule is O=C(O)C1=C(NCC2CC2)OC(=Cc2c[nH]c3ncccc23)C1=O. The van der Waals surface area contributed by atoms with E-state index >= 15 is 0 Å². The molecule has 3 heterocycles. The van der Waals surface area contributed by atoms with Crippen molar-refractivity contribution in [2.45, 2.75) is 12.8 Å². The molecule has 0 unspecified atom stereocenters. The van der Waals surface area contributed by atoms with Gasteiger partial charge in [0, 0.05) is 29.9 Å². The van der Waals surface area contributed by atoms with E-state index in [-0.39, 0.29) is 17.2 Å². The first-order valence-electron chi connectivity index (χ1n) is 7.71. The number of carbonyl (C=O) groups excluding carboxylic acids is 1. The number of pyridine rings is 1. The van der Waals surface area contributed by atoms with Crippen LogP contribution in [0.3, 0.4) is 0 Å². The van der Waals surface area contributed by atoms with Crippen LogP contribution in [0, 0.1) is 5.92 Å². The number of ketones is 1. The number of carbonyl (C=O) groups is 2. The maximum absolute atomic E-state index is 12.4. The van der Waals surface area contributed by atoms with Gasteiger partial charge in [0.15, 0.2) is 11.3 Å². The van der Waals surface area contributed by atoms with E-state index in [0.29, 0.717) is 18.1 Å². The van der Waals surface area contributed by atoms with Crippen molar-refractivity contribution in [3.8, 4) is 0 Å². The van der Waals surface area contributed by atoms with Crippen LogP contribution in [0.15, 0.2) is 41.7 Å². The predicted molar refractivity (Wildman–Crippen MR) is 85.6 cm³/mol. The second kappa shape index (κ2) is 5.52. The second-order valence-corrected chi connectivity index (χ2v) is 5.92. The van der Waals surface area contributed by atoms with Crippen LogP contribution in [0.2, 0.25) is 0 Å². The highest BCUT2D eigenvalue weighted by Gasteiger charge is 2.36. The molecule has 4 rings (SSSR count). The van der Waals surface area contributed by atoms with E-state index in [1.165, 1.54) is 6.08 Å². The summed E-state index contributed by atoms with van der Waals surface area (Å²) in [5.41, 5.74) is 1.06. The molecule has 7 heteroatoms. The van der Waals surface area contributed by atoms with Crippen LogP contribution < -0.4 is 5.32 Å². The summed E-state index contributed by atoms with van der Waals surface area (Å²) in [6.45, 7) is 0.615. The molecule has 1 aliphatic heterocycles. The zero-order valence-electron chi connectivity index (χ0n) is 12.7. The lowest BCUT2D eigenvalue weighted by Crippen LogP contribution is -2.20. The summed E-state index contributed by atoms with van der Waals surface area (Å²) in [6, 6.07) is 3.65. The molecule has 2 aliphatic rings. The highest BCUT2D eigenvalue weighted by molar-refractivity contribution is 6.26. The fourth-order valence-electron chi connectivity index (χ4n) is 2.64. The summed E-state index contributed by atoms with van der Waals surface area (Å²) in [7, 11) is 0. The quantitative estimate of drug-likeness (QED) is 0.572. The Bertz CT molecular complexity index is 905. The normalized spacial score (nSPS) is 19.2. The van der Waals surface area contributed by atoms with Gasteiger partial charge in [-0.1, -0.05) is 0 Å². The molecule has 24 heavy (non-hydrogen) atoms. The number of nitrogens with one attached hydrogen (secondary N) is 2. The van der Waals surface area contributed by atoms with Crippen molar-refractivity contribution in [3.63, 3.8) is 0 Å². The molecule has 0 spiro atoms. The number of aromatic nitrogens is 2. The third-order valence-electron chi connectivity index (χ3n) is 4.12. The first-order chi connectivity index (χ1) is 11.6. The largest absolute Gasteiger partial charge is 0.477 e. The van der Waals surface area contributed by atoms with Gasteiger partial charge < -0.3 is 20.1 Å². The molecular formula is C17H15N3O4. The lowest BCUT2D eigenvalue weighted by Gasteiger charge is -2.06. The molecule has 0 saturated heterocycles. The number of aliphatic carboxylic acids is 1. The van der Waals surface area contributed by atoms with Crippen LogP contribution in [0.5, 0.6) is 0 Å². The summed E-state index contributed by atoms with van der Waals surface area (Å²) in [6.07, 6.45) is 7.13. The summed E-state index contributed by atoms with van der Waals surface area (Å²) in [5.74, 6) is -1.36. The third-order valence-corrected chi connectivity index (χ3v) is 4.12. The fraction of sp³-hybridized carbons (Fsp3) is 0.235. The number of aromatic amines is 1. The van der Waals surface area contributed by atoms with E-state index < -0.39 is 11.8 Å². The number of allylic oxidation sites excluding steroid dienone is 1. The van der Waals surface area contributed by atoms with E-state index in [1.54, 1.807) is 18.5 Å². The number of rotatable bonds is 5. The Morgan fingerprint density at radius 1 is 1.50 bits per heavy atom. The van der Waals surface area contributed by atoms with Crippen LogP contribution in [-0.2, 0) is 14.3 Å². The molecule has 122 valence electrons. The molecule has 1 saturated carbocycles. The highest BCUT2D eigenvalue weighted by atomic mass is 16.5. The van der Waals surface area contributed by atoms with E-state index in [4.69, 9.17) is 4.74 Å². The van der Waals surface area contributed by atoms with Crippen molar-refractivity contribution >= 4 is 28.9 Å². The van der Waals surface area contributed by atoms with E-state index in [9.17, 15) is 14.7 Å². The van der Waals surface area contributed by atoms with Crippen molar-refractivity contribution < 1.29 is 19.4 Å². The predicted octanol–water partition coefficient (Wildman–Crippen LogP) is 1.80. The monoisotopic (exact) mass is 325 g/mol. The molecule has 2 aromatic heterocycles. The number of carboxylic acids is 1. The summed E-state index contributed by atoms with van der Waals surface area (Å²) < 4.78 is 5.51. The van der Waals surface area contributed by atoms with Crippen LogP contribution in [0.25, 0.3) is 17.1 Å². The van der Waals surface area contributed by atoms with Gasteiger partial charge in [0.25, 0.3) is 0 Å². The van der Waals surface area contributed by atoms with Gasteiger partial charge in [-0.25, -0.2) is 9.78 Å². The Kier molecular flexibility index (Phi) is 3.34. The van der Waals surface area contributed by atoms with Gasteiger partial charge in [-0.15, -0.1) is 0 Å². The minimum Gasteiger partial charge on any atom is -0.477 e. The summed E-state index contributed by atoms with van der Waals surface area (Å²) >= 11 is 0. The summed E-state index contributed by atoms with van der Waals surface area (Å²) in [4.78, 5) is 31.0. The molecule has 7 nitrogen and oxygen atoms in total. The topological polar surface area (TPSA) is 104 Å². The number of ether oxygens (including phenoxy) is 1. The molecule has 1 fully saturated rings. The van der Waals surface area contributed by atoms with Crippen LogP contribution in [-0.4, -0.2) is 33.4 Å². The number of hydrogen-bond acceptors (Lipinski definition) is 5. The first kappa shape index (κ1) is 14.5. The molecule has 0 atom stereocenters. The molecule has 2 aromatic rings. The average Bonchev–Trinajstić information content (AvgIpc) is 3.23. The van der Waals surface area contributed by atoms with Gasteiger partial charge >= 0.3 is 5.97 Å². The van der Waals surface area contributed by atoms with E-state index in [1.807, 2.05) is 6.07 Å². The van der Waals surface area contributed by atoms with E-state index in [0.717, 1.165) is 23.8 Å². The van der Waals surface area contributed by atoms with Crippen LogP contribution in [0.1, 0.15) is 18.4 Å².